The number of benzene rings is 3. The van der Waals surface area contributed by atoms with E-state index in [9.17, 15) is 4.79 Å². The van der Waals surface area contributed by atoms with E-state index in [0.29, 0.717) is 5.75 Å². The Kier molecular flexibility index (Phi) is 5.26. The highest BCUT2D eigenvalue weighted by Gasteiger charge is 2.27. The van der Waals surface area contributed by atoms with Crippen molar-refractivity contribution in [2.75, 3.05) is 10.7 Å². The molecule has 1 heterocycles. The summed E-state index contributed by atoms with van der Waals surface area (Å²) in [4.78, 5) is 18.5. The van der Waals surface area contributed by atoms with Crippen molar-refractivity contribution < 1.29 is 4.79 Å². The molecule has 4 heteroatoms. The summed E-state index contributed by atoms with van der Waals surface area (Å²) in [6.45, 7) is 6.63. The molecule has 0 N–H and O–H groups in total. The molecule has 1 aliphatic heterocycles. The first-order valence-electron chi connectivity index (χ1n) is 9.36. The summed E-state index contributed by atoms with van der Waals surface area (Å²) in [6.07, 6.45) is 0. The zero-order valence-corrected chi connectivity index (χ0v) is 17.9. The maximum absolute atomic E-state index is 13.2. The highest BCUT2D eigenvalue weighted by atomic mass is 32.2. The number of nitrogens with zero attached hydrogens (tertiary/aromatic N) is 1. The molecule has 1 amide bonds. The van der Waals surface area contributed by atoms with Gasteiger partial charge in [-0.3, -0.25) is 9.69 Å². The van der Waals surface area contributed by atoms with Gasteiger partial charge in [0.25, 0.3) is 0 Å². The minimum absolute atomic E-state index is 0.102. The van der Waals surface area contributed by atoms with Crippen molar-refractivity contribution in [2.45, 2.75) is 40.9 Å². The topological polar surface area (TPSA) is 20.3 Å². The van der Waals surface area contributed by atoms with Crippen molar-refractivity contribution in [1.82, 2.24) is 0 Å². The van der Waals surface area contributed by atoms with E-state index in [1.807, 2.05) is 41.3 Å². The Morgan fingerprint density at radius 3 is 1.93 bits per heavy atom. The van der Waals surface area contributed by atoms with Crippen molar-refractivity contribution in [3.8, 4) is 0 Å². The second-order valence-electron chi connectivity index (χ2n) is 7.83. The number of thioether (sulfide) groups is 1. The van der Waals surface area contributed by atoms with Crippen LogP contribution in [0.4, 0.5) is 11.4 Å². The molecular weight excluding hydrogens is 382 g/mol. The zero-order chi connectivity index (χ0) is 19.7. The van der Waals surface area contributed by atoms with Gasteiger partial charge in [0.1, 0.15) is 0 Å². The summed E-state index contributed by atoms with van der Waals surface area (Å²) < 4.78 is 0. The quantitative estimate of drug-likeness (QED) is 0.442. The van der Waals surface area contributed by atoms with Crippen LogP contribution in [0.5, 0.6) is 0 Å². The van der Waals surface area contributed by atoms with Gasteiger partial charge in [0.15, 0.2) is 0 Å². The molecule has 0 atom stereocenters. The Morgan fingerprint density at radius 1 is 0.857 bits per heavy atom. The van der Waals surface area contributed by atoms with Crippen molar-refractivity contribution in [1.29, 1.82) is 0 Å². The fraction of sp³-hybridized carbons (Fsp3) is 0.208. The van der Waals surface area contributed by atoms with Gasteiger partial charge < -0.3 is 0 Å². The standard InChI is InChI=1S/C24H23NOS2/c1-24(2,3)17-12-14-18(15-13-17)27-16-23(26)25-19-8-4-6-10-21(19)28-22-11-7-5-9-20(22)25/h4-15H,16H2,1-3H3. The normalized spacial score (nSPS) is 13.0. The van der Waals surface area contributed by atoms with Crippen molar-refractivity contribution in [2.24, 2.45) is 0 Å². The summed E-state index contributed by atoms with van der Waals surface area (Å²) >= 11 is 3.31. The largest absolute Gasteiger partial charge is 0.278 e. The molecule has 0 spiro atoms. The molecule has 142 valence electrons. The zero-order valence-electron chi connectivity index (χ0n) is 16.3. The molecule has 28 heavy (non-hydrogen) atoms. The number of fused-ring (bicyclic) bond motifs is 2. The van der Waals surface area contributed by atoms with Crippen LogP contribution in [0.3, 0.4) is 0 Å². The van der Waals surface area contributed by atoms with E-state index in [0.717, 1.165) is 26.1 Å². The van der Waals surface area contributed by atoms with Crippen molar-refractivity contribution >= 4 is 40.8 Å². The molecule has 3 aromatic carbocycles. The molecule has 0 aliphatic carbocycles. The lowest BCUT2D eigenvalue weighted by atomic mass is 9.87. The van der Waals surface area contributed by atoms with Crippen LogP contribution in [-0.4, -0.2) is 11.7 Å². The van der Waals surface area contributed by atoms with Gasteiger partial charge in [-0.15, -0.1) is 11.8 Å². The van der Waals surface area contributed by atoms with E-state index in [2.05, 4.69) is 57.2 Å². The monoisotopic (exact) mass is 405 g/mol. The van der Waals surface area contributed by atoms with E-state index in [1.54, 1.807) is 23.5 Å². The molecular formula is C24H23NOS2. The fourth-order valence-electron chi connectivity index (χ4n) is 3.23. The predicted octanol–water partition coefficient (Wildman–Crippen LogP) is 6.91. The number of carbonyl (C=O) groups is 1. The lowest BCUT2D eigenvalue weighted by Crippen LogP contribution is -2.29. The van der Waals surface area contributed by atoms with Crippen molar-refractivity contribution in [3.63, 3.8) is 0 Å². The van der Waals surface area contributed by atoms with Gasteiger partial charge in [0.2, 0.25) is 5.91 Å². The Labute approximate surface area is 175 Å². The predicted molar refractivity (Wildman–Crippen MR) is 120 cm³/mol. The minimum Gasteiger partial charge on any atom is -0.278 e. The van der Waals surface area contributed by atoms with Crippen LogP contribution in [0.25, 0.3) is 0 Å². The molecule has 0 radical (unpaired) electrons. The van der Waals surface area contributed by atoms with Gasteiger partial charge in [-0.05, 0) is 47.4 Å². The third kappa shape index (κ3) is 3.85. The van der Waals surface area contributed by atoms with Crippen LogP contribution in [0.2, 0.25) is 0 Å². The molecule has 0 aromatic heterocycles. The van der Waals surface area contributed by atoms with Crippen LogP contribution < -0.4 is 4.90 Å². The lowest BCUT2D eigenvalue weighted by Gasteiger charge is -2.31. The van der Waals surface area contributed by atoms with Crippen LogP contribution in [0.1, 0.15) is 26.3 Å². The Hall–Kier alpha value is -2.17. The van der Waals surface area contributed by atoms with E-state index < -0.39 is 0 Å². The molecule has 0 fully saturated rings. The van der Waals surface area contributed by atoms with Gasteiger partial charge in [-0.2, -0.15) is 0 Å². The second kappa shape index (κ2) is 7.69. The number of rotatable bonds is 3. The van der Waals surface area contributed by atoms with Crippen LogP contribution >= 0.6 is 23.5 Å². The van der Waals surface area contributed by atoms with Gasteiger partial charge in [-0.1, -0.05) is 68.9 Å². The Balaban J connectivity index is 1.55. The Bertz CT molecular complexity index is 960. The van der Waals surface area contributed by atoms with E-state index in [4.69, 9.17) is 0 Å². The van der Waals surface area contributed by atoms with E-state index in [1.165, 1.54) is 5.56 Å². The Morgan fingerprint density at radius 2 is 1.39 bits per heavy atom. The van der Waals surface area contributed by atoms with Gasteiger partial charge in [0, 0.05) is 14.7 Å². The molecule has 2 nitrogen and oxygen atoms in total. The average Bonchev–Trinajstić information content (AvgIpc) is 2.70. The molecule has 0 bridgehead atoms. The number of hydrogen-bond acceptors (Lipinski definition) is 3. The van der Waals surface area contributed by atoms with E-state index >= 15 is 0 Å². The molecule has 3 aromatic rings. The van der Waals surface area contributed by atoms with Crippen molar-refractivity contribution in [3.05, 3.63) is 78.4 Å². The highest BCUT2D eigenvalue weighted by molar-refractivity contribution is 8.00. The lowest BCUT2D eigenvalue weighted by molar-refractivity contribution is -0.115. The third-order valence-corrected chi connectivity index (χ3v) is 6.89. The second-order valence-corrected chi connectivity index (χ2v) is 9.96. The molecule has 1 aliphatic rings. The minimum atomic E-state index is 0.102. The number of hydrogen-bond donors (Lipinski definition) is 0. The first-order chi connectivity index (χ1) is 13.4. The fourth-order valence-corrected chi connectivity index (χ4v) is 5.04. The van der Waals surface area contributed by atoms with E-state index in [-0.39, 0.29) is 11.3 Å². The molecule has 0 saturated heterocycles. The van der Waals surface area contributed by atoms with Crippen LogP contribution in [0.15, 0.2) is 87.5 Å². The summed E-state index contributed by atoms with van der Waals surface area (Å²) in [7, 11) is 0. The SMILES string of the molecule is CC(C)(C)c1ccc(SCC(=O)N2c3ccccc3Sc3ccccc32)cc1. The maximum Gasteiger partial charge on any atom is 0.241 e. The van der Waals surface area contributed by atoms with Gasteiger partial charge >= 0.3 is 0 Å². The summed E-state index contributed by atoms with van der Waals surface area (Å²) in [5.41, 5.74) is 3.39. The number of carbonyl (C=O) groups excluding carboxylic acids is 1. The number of para-hydroxylation sites is 2. The van der Waals surface area contributed by atoms with Crippen LogP contribution in [0, 0.1) is 0 Å². The third-order valence-electron chi connectivity index (χ3n) is 4.76. The summed E-state index contributed by atoms with van der Waals surface area (Å²) in [5, 5.41) is 0. The van der Waals surface area contributed by atoms with Gasteiger partial charge in [0.05, 0.1) is 17.1 Å². The maximum atomic E-state index is 13.2. The average molecular weight is 406 g/mol. The highest BCUT2D eigenvalue weighted by Crippen LogP contribution is 2.48. The summed E-state index contributed by atoms with van der Waals surface area (Å²) in [6, 6.07) is 24.8. The van der Waals surface area contributed by atoms with Crippen LogP contribution in [-0.2, 0) is 10.2 Å². The number of amides is 1. The molecule has 0 unspecified atom stereocenters. The summed E-state index contributed by atoms with van der Waals surface area (Å²) in [5.74, 6) is 0.507. The molecule has 4 rings (SSSR count). The molecule has 0 saturated carbocycles. The smallest absolute Gasteiger partial charge is 0.241 e. The van der Waals surface area contributed by atoms with Gasteiger partial charge in [-0.25, -0.2) is 0 Å². The number of anilines is 2. The first-order valence-corrected chi connectivity index (χ1v) is 11.2. The first kappa shape index (κ1) is 19.2.